The minimum atomic E-state index is -0.306. The van der Waals surface area contributed by atoms with Crippen molar-refractivity contribution in [3.8, 4) is 11.5 Å². The highest BCUT2D eigenvalue weighted by Gasteiger charge is 2.09. The number of rotatable bonds is 5. The maximum absolute atomic E-state index is 12.0. The Hall–Kier alpha value is -1.69. The maximum atomic E-state index is 12.0. The predicted octanol–water partition coefficient (Wildman–Crippen LogP) is 5.43. The molecular weight excluding hydrogens is 417 g/mol. The fourth-order valence-corrected chi connectivity index (χ4v) is 3.16. The van der Waals surface area contributed by atoms with Crippen LogP contribution in [0.2, 0.25) is 10.0 Å². The molecule has 0 spiro atoms. The van der Waals surface area contributed by atoms with Gasteiger partial charge in [0.15, 0.2) is 11.5 Å². The molecule has 7 heteroatoms. The predicted molar refractivity (Wildman–Crippen MR) is 101 cm³/mol. The molecule has 0 bridgehead atoms. The number of hydrogen-bond donors (Lipinski definition) is 1. The van der Waals surface area contributed by atoms with Crippen LogP contribution in [-0.4, -0.2) is 20.1 Å². The summed E-state index contributed by atoms with van der Waals surface area (Å²) in [5.41, 5.74) is 1.30. The van der Waals surface area contributed by atoms with Crippen LogP contribution in [0, 0.1) is 0 Å². The molecule has 1 N–H and O–H groups in total. The number of benzene rings is 2. The maximum Gasteiger partial charge on any atom is 0.248 e. The van der Waals surface area contributed by atoms with E-state index in [1.807, 2.05) is 6.07 Å². The van der Waals surface area contributed by atoms with Gasteiger partial charge in [-0.15, -0.1) is 0 Å². The molecule has 0 heterocycles. The quantitative estimate of drug-likeness (QED) is 0.643. The van der Waals surface area contributed by atoms with Crippen molar-refractivity contribution in [1.82, 2.24) is 0 Å². The summed E-state index contributed by atoms with van der Waals surface area (Å²) in [4.78, 5) is 12.0. The fraction of sp³-hybridized carbons (Fsp3) is 0.118. The highest BCUT2D eigenvalue weighted by atomic mass is 79.9. The first kappa shape index (κ1) is 18.6. The lowest BCUT2D eigenvalue weighted by atomic mass is 10.2. The van der Waals surface area contributed by atoms with E-state index in [2.05, 4.69) is 21.2 Å². The Kier molecular flexibility index (Phi) is 6.54. The Morgan fingerprint density at radius 1 is 1.08 bits per heavy atom. The highest BCUT2D eigenvalue weighted by Crippen LogP contribution is 2.36. The molecule has 4 nitrogen and oxygen atoms in total. The van der Waals surface area contributed by atoms with E-state index in [1.165, 1.54) is 6.08 Å². The number of hydrogen-bond acceptors (Lipinski definition) is 3. The van der Waals surface area contributed by atoms with Crippen molar-refractivity contribution in [2.75, 3.05) is 19.5 Å². The van der Waals surface area contributed by atoms with E-state index in [9.17, 15) is 4.79 Å². The van der Waals surface area contributed by atoms with Gasteiger partial charge in [0, 0.05) is 21.8 Å². The van der Waals surface area contributed by atoms with Gasteiger partial charge < -0.3 is 14.8 Å². The molecular formula is C17H14BrCl2NO3. The zero-order chi connectivity index (χ0) is 17.7. The van der Waals surface area contributed by atoms with Crippen LogP contribution in [0.1, 0.15) is 5.56 Å². The molecule has 0 radical (unpaired) electrons. The first-order valence-electron chi connectivity index (χ1n) is 6.79. The Labute approximate surface area is 158 Å². The molecule has 1 amide bonds. The van der Waals surface area contributed by atoms with Crippen molar-refractivity contribution < 1.29 is 14.3 Å². The fourth-order valence-electron chi connectivity index (χ4n) is 2.02. The minimum Gasteiger partial charge on any atom is -0.493 e. The molecule has 0 saturated carbocycles. The number of halogens is 3. The van der Waals surface area contributed by atoms with Gasteiger partial charge >= 0.3 is 0 Å². The number of ether oxygens (including phenoxy) is 2. The number of carbonyl (C=O) groups excluding carboxylic acids is 1. The standard InChI is InChI=1S/C17H14BrCl2NO3/c1-23-15-6-10(5-14(18)17(15)24-2)3-4-16(22)21-13-8-11(19)7-12(20)9-13/h3-9H,1-2H3,(H,21,22)/b4-3+. The van der Waals surface area contributed by atoms with E-state index in [-0.39, 0.29) is 5.91 Å². The van der Waals surface area contributed by atoms with Crippen LogP contribution >= 0.6 is 39.1 Å². The average molecular weight is 431 g/mol. The molecule has 0 aromatic heterocycles. The van der Waals surface area contributed by atoms with Gasteiger partial charge in [-0.3, -0.25) is 4.79 Å². The third kappa shape index (κ3) is 4.90. The minimum absolute atomic E-state index is 0.306. The summed E-state index contributed by atoms with van der Waals surface area (Å²) in [6.45, 7) is 0. The largest absolute Gasteiger partial charge is 0.493 e. The molecule has 0 saturated heterocycles. The molecule has 0 atom stereocenters. The molecule has 2 aromatic carbocycles. The van der Waals surface area contributed by atoms with Crippen LogP contribution in [-0.2, 0) is 4.79 Å². The smallest absolute Gasteiger partial charge is 0.248 e. The zero-order valence-electron chi connectivity index (χ0n) is 12.9. The lowest BCUT2D eigenvalue weighted by Gasteiger charge is -2.10. The summed E-state index contributed by atoms with van der Waals surface area (Å²) in [7, 11) is 3.11. The average Bonchev–Trinajstić information content (AvgIpc) is 2.51. The zero-order valence-corrected chi connectivity index (χ0v) is 16.0. The van der Waals surface area contributed by atoms with Crippen molar-refractivity contribution in [3.05, 3.63) is 56.5 Å². The Morgan fingerprint density at radius 3 is 2.33 bits per heavy atom. The molecule has 126 valence electrons. The molecule has 0 aliphatic heterocycles. The SMILES string of the molecule is COc1cc(/C=C/C(=O)Nc2cc(Cl)cc(Cl)c2)cc(Br)c1OC. The summed E-state index contributed by atoms with van der Waals surface area (Å²) in [5, 5.41) is 3.60. The van der Waals surface area contributed by atoms with Crippen LogP contribution in [0.15, 0.2) is 40.9 Å². The monoisotopic (exact) mass is 429 g/mol. The first-order chi connectivity index (χ1) is 11.4. The molecule has 0 fully saturated rings. The van der Waals surface area contributed by atoms with Gasteiger partial charge in [0.1, 0.15) is 0 Å². The summed E-state index contributed by atoms with van der Waals surface area (Å²) < 4.78 is 11.2. The van der Waals surface area contributed by atoms with Crippen LogP contribution < -0.4 is 14.8 Å². The van der Waals surface area contributed by atoms with Crippen LogP contribution in [0.3, 0.4) is 0 Å². The molecule has 2 aromatic rings. The van der Waals surface area contributed by atoms with Gasteiger partial charge in [0.2, 0.25) is 5.91 Å². The van der Waals surface area contributed by atoms with Crippen LogP contribution in [0.4, 0.5) is 5.69 Å². The number of methoxy groups -OCH3 is 2. The topological polar surface area (TPSA) is 47.6 Å². The third-order valence-electron chi connectivity index (χ3n) is 3.01. The first-order valence-corrected chi connectivity index (χ1v) is 8.34. The second-order valence-corrected chi connectivity index (χ2v) is 6.45. The van der Waals surface area contributed by atoms with Gasteiger partial charge in [-0.25, -0.2) is 0 Å². The van der Waals surface area contributed by atoms with Gasteiger partial charge in [0.05, 0.1) is 18.7 Å². The van der Waals surface area contributed by atoms with Crippen LogP contribution in [0.5, 0.6) is 11.5 Å². The molecule has 0 aliphatic rings. The Morgan fingerprint density at radius 2 is 1.75 bits per heavy atom. The molecule has 2 rings (SSSR count). The number of amides is 1. The summed E-state index contributed by atoms with van der Waals surface area (Å²) in [6, 6.07) is 8.42. The van der Waals surface area contributed by atoms with Crippen LogP contribution in [0.25, 0.3) is 6.08 Å². The van der Waals surface area contributed by atoms with Gasteiger partial charge in [-0.05, 0) is 57.9 Å². The molecule has 0 unspecified atom stereocenters. The van der Waals surface area contributed by atoms with Crippen molar-refractivity contribution >= 4 is 56.8 Å². The lowest BCUT2D eigenvalue weighted by Crippen LogP contribution is -2.07. The molecule has 24 heavy (non-hydrogen) atoms. The summed E-state index contributed by atoms with van der Waals surface area (Å²) in [5.74, 6) is 0.848. The van der Waals surface area contributed by atoms with E-state index in [1.54, 1.807) is 44.6 Å². The van der Waals surface area contributed by atoms with Crippen molar-refractivity contribution in [2.24, 2.45) is 0 Å². The van der Waals surface area contributed by atoms with Gasteiger partial charge in [0.25, 0.3) is 0 Å². The van der Waals surface area contributed by atoms with E-state index in [4.69, 9.17) is 32.7 Å². The number of anilines is 1. The summed E-state index contributed by atoms with van der Waals surface area (Å²) >= 11 is 15.2. The van der Waals surface area contributed by atoms with Crippen molar-refractivity contribution in [3.63, 3.8) is 0 Å². The van der Waals surface area contributed by atoms with Gasteiger partial charge in [-0.1, -0.05) is 23.2 Å². The third-order valence-corrected chi connectivity index (χ3v) is 4.04. The second kappa shape index (κ2) is 8.42. The Bertz CT molecular complexity index is 773. The van der Waals surface area contributed by atoms with Gasteiger partial charge in [-0.2, -0.15) is 0 Å². The lowest BCUT2D eigenvalue weighted by molar-refractivity contribution is -0.111. The molecule has 0 aliphatic carbocycles. The van der Waals surface area contributed by atoms with Crippen molar-refractivity contribution in [1.29, 1.82) is 0 Å². The second-order valence-electron chi connectivity index (χ2n) is 4.72. The van der Waals surface area contributed by atoms with Crippen molar-refractivity contribution in [2.45, 2.75) is 0 Å². The van der Waals surface area contributed by atoms with E-state index < -0.39 is 0 Å². The highest BCUT2D eigenvalue weighted by molar-refractivity contribution is 9.10. The summed E-state index contributed by atoms with van der Waals surface area (Å²) in [6.07, 6.45) is 3.07. The van der Waals surface area contributed by atoms with E-state index in [0.29, 0.717) is 27.2 Å². The normalized spacial score (nSPS) is 10.7. The number of carbonyl (C=O) groups is 1. The Balaban J connectivity index is 2.15. The van der Waals surface area contributed by atoms with E-state index in [0.717, 1.165) is 10.0 Å². The number of nitrogens with one attached hydrogen (secondary N) is 1. The van der Waals surface area contributed by atoms with E-state index >= 15 is 0 Å².